The Morgan fingerprint density at radius 2 is 2.19 bits per heavy atom. The molecule has 0 fully saturated rings. The molecule has 88 valence electrons. The van der Waals surface area contributed by atoms with Crippen LogP contribution in [0.5, 0.6) is 0 Å². The molecule has 2 rings (SSSR count). The molecule has 0 radical (unpaired) electrons. The zero-order valence-electron chi connectivity index (χ0n) is 8.82. The highest BCUT2D eigenvalue weighted by Gasteiger charge is 2.23. The van der Waals surface area contributed by atoms with Crippen LogP contribution in [0.3, 0.4) is 0 Å². The second-order valence-electron chi connectivity index (χ2n) is 4.05. The summed E-state index contributed by atoms with van der Waals surface area (Å²) < 4.78 is 23.5. The van der Waals surface area contributed by atoms with Crippen LogP contribution in [0.2, 0.25) is 0 Å². The van der Waals surface area contributed by atoms with Crippen molar-refractivity contribution in [2.75, 3.05) is 11.6 Å². The van der Waals surface area contributed by atoms with E-state index < -0.39 is 9.84 Å². The van der Waals surface area contributed by atoms with Gasteiger partial charge in [0.25, 0.3) is 0 Å². The summed E-state index contributed by atoms with van der Waals surface area (Å²) in [5.41, 5.74) is 7.60. The largest absolute Gasteiger partial charge is 0.323 e. The van der Waals surface area contributed by atoms with E-state index in [1.54, 1.807) is 12.1 Å². The van der Waals surface area contributed by atoms with Crippen molar-refractivity contribution >= 4 is 21.4 Å². The van der Waals surface area contributed by atoms with Crippen LogP contribution in [-0.2, 0) is 16.3 Å². The SMILES string of the molecule is NC(CCl)c1ccc2c(c1)CCCS2(=O)=O. The van der Waals surface area contributed by atoms with Crippen LogP contribution in [0.1, 0.15) is 23.6 Å². The maximum absolute atomic E-state index is 11.8. The highest BCUT2D eigenvalue weighted by molar-refractivity contribution is 7.91. The van der Waals surface area contributed by atoms with E-state index in [-0.39, 0.29) is 11.8 Å². The maximum atomic E-state index is 11.8. The number of fused-ring (bicyclic) bond motifs is 1. The lowest BCUT2D eigenvalue weighted by molar-refractivity contribution is 0.586. The van der Waals surface area contributed by atoms with Crippen molar-refractivity contribution in [2.24, 2.45) is 5.73 Å². The Bertz CT molecular complexity index is 499. The molecule has 1 unspecified atom stereocenters. The first-order chi connectivity index (χ1) is 7.54. The van der Waals surface area contributed by atoms with Crippen molar-refractivity contribution in [1.82, 2.24) is 0 Å². The van der Waals surface area contributed by atoms with Crippen molar-refractivity contribution in [1.29, 1.82) is 0 Å². The topological polar surface area (TPSA) is 60.2 Å². The summed E-state index contributed by atoms with van der Waals surface area (Å²) in [4.78, 5) is 0.462. The molecule has 1 aliphatic heterocycles. The van der Waals surface area contributed by atoms with Gasteiger partial charge in [0, 0.05) is 11.9 Å². The monoisotopic (exact) mass is 259 g/mol. The average molecular weight is 260 g/mol. The third-order valence-corrected chi connectivity index (χ3v) is 5.10. The van der Waals surface area contributed by atoms with Crippen LogP contribution in [0.25, 0.3) is 0 Å². The van der Waals surface area contributed by atoms with Gasteiger partial charge >= 0.3 is 0 Å². The smallest absolute Gasteiger partial charge is 0.178 e. The van der Waals surface area contributed by atoms with E-state index in [1.807, 2.05) is 6.07 Å². The minimum absolute atomic E-state index is 0.225. The second kappa shape index (κ2) is 4.35. The fourth-order valence-electron chi connectivity index (χ4n) is 1.98. The Balaban J connectivity index is 2.48. The minimum Gasteiger partial charge on any atom is -0.323 e. The fourth-order valence-corrected chi connectivity index (χ4v) is 3.74. The molecule has 0 saturated heterocycles. The Morgan fingerprint density at radius 3 is 2.88 bits per heavy atom. The van der Waals surface area contributed by atoms with E-state index in [1.165, 1.54) is 0 Å². The molecule has 0 amide bonds. The molecular formula is C11H14ClNO2S. The van der Waals surface area contributed by atoms with Crippen LogP contribution < -0.4 is 5.73 Å². The van der Waals surface area contributed by atoms with Crippen LogP contribution in [0, 0.1) is 0 Å². The van der Waals surface area contributed by atoms with Gasteiger partial charge in [0.2, 0.25) is 0 Å². The molecule has 1 atom stereocenters. The molecule has 0 saturated carbocycles. The molecule has 2 N–H and O–H groups in total. The normalized spacial score (nSPS) is 20.1. The van der Waals surface area contributed by atoms with E-state index >= 15 is 0 Å². The molecule has 0 aromatic heterocycles. The van der Waals surface area contributed by atoms with Gasteiger partial charge in [-0.2, -0.15) is 0 Å². The zero-order chi connectivity index (χ0) is 11.8. The summed E-state index contributed by atoms with van der Waals surface area (Å²) in [6.45, 7) is 0. The van der Waals surface area contributed by atoms with E-state index in [0.717, 1.165) is 17.5 Å². The molecule has 0 aliphatic carbocycles. The molecule has 3 nitrogen and oxygen atoms in total. The predicted octanol–water partition coefficient (Wildman–Crippen LogP) is 1.65. The minimum atomic E-state index is -3.07. The fraction of sp³-hybridized carbons (Fsp3) is 0.455. The van der Waals surface area contributed by atoms with Gasteiger partial charge in [-0.25, -0.2) is 8.42 Å². The van der Waals surface area contributed by atoms with Crippen molar-refractivity contribution in [2.45, 2.75) is 23.8 Å². The van der Waals surface area contributed by atoms with E-state index in [2.05, 4.69) is 0 Å². The highest BCUT2D eigenvalue weighted by Crippen LogP contribution is 2.27. The number of hydrogen-bond donors (Lipinski definition) is 1. The third kappa shape index (κ3) is 2.10. The van der Waals surface area contributed by atoms with Crippen molar-refractivity contribution in [3.05, 3.63) is 29.3 Å². The first kappa shape index (κ1) is 11.9. The number of aryl methyl sites for hydroxylation is 1. The quantitative estimate of drug-likeness (QED) is 0.822. The molecule has 16 heavy (non-hydrogen) atoms. The van der Waals surface area contributed by atoms with Gasteiger partial charge in [-0.05, 0) is 30.0 Å². The average Bonchev–Trinajstić information content (AvgIpc) is 2.27. The highest BCUT2D eigenvalue weighted by atomic mass is 35.5. The van der Waals surface area contributed by atoms with Crippen LogP contribution in [-0.4, -0.2) is 20.1 Å². The number of benzene rings is 1. The summed E-state index contributed by atoms with van der Waals surface area (Å²) in [7, 11) is -3.07. The van der Waals surface area contributed by atoms with Gasteiger partial charge in [-0.1, -0.05) is 12.1 Å². The van der Waals surface area contributed by atoms with Gasteiger partial charge in [0.1, 0.15) is 0 Å². The molecular weight excluding hydrogens is 246 g/mol. The first-order valence-corrected chi connectivity index (χ1v) is 7.40. The zero-order valence-corrected chi connectivity index (χ0v) is 10.4. The summed E-state index contributed by atoms with van der Waals surface area (Å²) >= 11 is 5.68. The number of nitrogens with two attached hydrogens (primary N) is 1. The van der Waals surface area contributed by atoms with Crippen LogP contribution >= 0.6 is 11.6 Å². The standard InChI is InChI=1S/C11H14ClNO2S/c12-7-10(13)8-3-4-11-9(6-8)2-1-5-16(11,14)15/h3-4,6,10H,1-2,5,7,13H2. The van der Waals surface area contributed by atoms with Gasteiger partial charge in [0.15, 0.2) is 9.84 Å². The first-order valence-electron chi connectivity index (χ1n) is 5.22. The Hall–Kier alpha value is -0.580. The third-order valence-electron chi connectivity index (χ3n) is 2.87. The van der Waals surface area contributed by atoms with E-state index in [0.29, 0.717) is 17.2 Å². The van der Waals surface area contributed by atoms with Gasteiger partial charge in [-0.3, -0.25) is 0 Å². The lowest BCUT2D eigenvalue weighted by Gasteiger charge is -2.18. The van der Waals surface area contributed by atoms with E-state index in [4.69, 9.17) is 17.3 Å². The number of halogens is 1. The van der Waals surface area contributed by atoms with Crippen molar-refractivity contribution in [3.63, 3.8) is 0 Å². The van der Waals surface area contributed by atoms with Gasteiger partial charge < -0.3 is 5.73 Å². The van der Waals surface area contributed by atoms with Crippen molar-refractivity contribution < 1.29 is 8.42 Å². The second-order valence-corrected chi connectivity index (χ2v) is 6.44. The van der Waals surface area contributed by atoms with E-state index in [9.17, 15) is 8.42 Å². The van der Waals surface area contributed by atoms with Gasteiger partial charge in [0.05, 0.1) is 10.6 Å². The van der Waals surface area contributed by atoms with Crippen molar-refractivity contribution in [3.8, 4) is 0 Å². The summed E-state index contributed by atoms with van der Waals surface area (Å²) in [5, 5.41) is 0. The summed E-state index contributed by atoms with van der Waals surface area (Å²) in [5.74, 6) is 0.590. The summed E-state index contributed by atoms with van der Waals surface area (Å²) in [6, 6.07) is 5.07. The lowest BCUT2D eigenvalue weighted by Crippen LogP contribution is -2.18. The molecule has 0 bridgehead atoms. The number of hydrogen-bond acceptors (Lipinski definition) is 3. The van der Waals surface area contributed by atoms with Crippen LogP contribution in [0.4, 0.5) is 0 Å². The molecule has 5 heteroatoms. The Labute approximate surface area is 101 Å². The summed E-state index contributed by atoms with van der Waals surface area (Å²) in [6.07, 6.45) is 1.49. The Kier molecular flexibility index (Phi) is 3.24. The number of sulfone groups is 1. The molecule has 1 aromatic rings. The predicted molar refractivity (Wildman–Crippen MR) is 64.5 cm³/mol. The maximum Gasteiger partial charge on any atom is 0.178 e. The molecule has 0 spiro atoms. The molecule has 1 aliphatic rings. The van der Waals surface area contributed by atoms with Crippen LogP contribution in [0.15, 0.2) is 23.1 Å². The Morgan fingerprint density at radius 1 is 1.44 bits per heavy atom. The lowest BCUT2D eigenvalue weighted by atomic mass is 10.0. The molecule has 1 heterocycles. The number of alkyl halides is 1. The number of rotatable bonds is 2. The van der Waals surface area contributed by atoms with Gasteiger partial charge in [-0.15, -0.1) is 11.6 Å². The molecule has 1 aromatic carbocycles.